The lowest BCUT2D eigenvalue weighted by Crippen LogP contribution is -2.57. The summed E-state index contributed by atoms with van der Waals surface area (Å²) in [6.07, 6.45) is 3.27. The quantitative estimate of drug-likeness (QED) is 0.220. The maximum Gasteiger partial charge on any atom is 0.410 e. The van der Waals surface area contributed by atoms with E-state index in [1.165, 1.54) is 11.0 Å². The average molecular weight is 760 g/mol. The van der Waals surface area contributed by atoms with Crippen LogP contribution in [0.5, 0.6) is 5.75 Å². The SMILES string of the molecule is C=C[C@@H]1C[C@]1(NC(=O)[C@@H]1CCCN1C(=O)OC(C)(C)C)C(=O)NS(=O)(=O)C1(C)CC1.COc1ccc2c(=O)cc(-c3nc(C(C)C)cs3)[nH]c2c1C.[HH].[HH]. The van der Waals surface area contributed by atoms with Crippen molar-refractivity contribution < 1.29 is 35.1 Å². The average Bonchev–Trinajstić information content (AvgIpc) is 3.81. The number of H-pyrrole nitrogens is 1. The van der Waals surface area contributed by atoms with Gasteiger partial charge in [-0.15, -0.1) is 17.9 Å². The largest absolute Gasteiger partial charge is 0.496 e. The van der Waals surface area contributed by atoms with E-state index in [0.717, 1.165) is 33.2 Å². The van der Waals surface area contributed by atoms with Gasteiger partial charge in [-0.2, -0.15) is 0 Å². The molecule has 0 bridgehead atoms. The number of sulfonamides is 1. The third-order valence-electron chi connectivity index (χ3n) is 9.84. The van der Waals surface area contributed by atoms with Gasteiger partial charge in [-0.05, 0) is 84.8 Å². The lowest BCUT2D eigenvalue weighted by Gasteiger charge is -2.29. The highest BCUT2D eigenvalue weighted by Gasteiger charge is 2.62. The summed E-state index contributed by atoms with van der Waals surface area (Å²) < 4.78 is 36.9. The first-order valence-corrected chi connectivity index (χ1v) is 19.8. The van der Waals surface area contributed by atoms with Gasteiger partial charge in [0.1, 0.15) is 27.9 Å². The molecule has 3 amide bonds. The standard InChI is InChI=1S/C20H31N3O6S.C17H18N2O2S.2H2/c1-6-13-12-20(13,16(25)22-30(27,28)19(5)9-10-19)21-15(24)14-8-7-11-23(14)17(26)29-18(2,3)4;1-9(2)13-8-22-17(19-13)12-7-14(20)11-5-6-15(21-4)10(3)16(11)18-12;;/h6,13-14H,1,7-12H2,2-5H3,(H,21,24)(H,22,25);5-9H,1-4H3,(H,18,20);2*1H/t13-,14+,20-;;;/m1.../s1. The number of benzene rings is 1. The van der Waals surface area contributed by atoms with Crippen LogP contribution in [0.2, 0.25) is 0 Å². The molecule has 3 aliphatic rings. The summed E-state index contributed by atoms with van der Waals surface area (Å²) in [5.74, 6) is -0.482. The molecule has 286 valence electrons. The Labute approximate surface area is 311 Å². The number of fused-ring (bicyclic) bond motifs is 1. The van der Waals surface area contributed by atoms with Gasteiger partial charge in [0.25, 0.3) is 5.91 Å². The van der Waals surface area contributed by atoms with Gasteiger partial charge in [0.15, 0.2) is 5.43 Å². The summed E-state index contributed by atoms with van der Waals surface area (Å²) in [6.45, 7) is 17.0. The summed E-state index contributed by atoms with van der Waals surface area (Å²) in [6, 6.07) is 4.48. The monoisotopic (exact) mass is 759 g/mol. The third-order valence-corrected chi connectivity index (χ3v) is 12.9. The fraction of sp³-hybridized carbons (Fsp3) is 0.541. The highest BCUT2D eigenvalue weighted by Crippen LogP contribution is 2.47. The van der Waals surface area contributed by atoms with Crippen LogP contribution in [0.25, 0.3) is 21.6 Å². The maximum absolute atomic E-state index is 13.0. The zero-order valence-corrected chi connectivity index (χ0v) is 32.7. The van der Waals surface area contributed by atoms with Crippen LogP contribution in [0.15, 0.2) is 41.0 Å². The highest BCUT2D eigenvalue weighted by atomic mass is 32.2. The van der Waals surface area contributed by atoms with Gasteiger partial charge in [0, 0.05) is 37.7 Å². The molecule has 2 saturated carbocycles. The molecule has 13 nitrogen and oxygen atoms in total. The van der Waals surface area contributed by atoms with Crippen molar-refractivity contribution >= 4 is 50.2 Å². The number of amides is 3. The number of hydrogen-bond donors (Lipinski definition) is 3. The number of aryl methyl sites for hydroxylation is 1. The minimum atomic E-state index is -3.83. The summed E-state index contributed by atoms with van der Waals surface area (Å²) >= 11 is 1.55. The van der Waals surface area contributed by atoms with Crippen LogP contribution in [0, 0.1) is 12.8 Å². The van der Waals surface area contributed by atoms with Crippen LogP contribution in [0.3, 0.4) is 0 Å². The number of methoxy groups -OCH3 is 1. The van der Waals surface area contributed by atoms with Crippen molar-refractivity contribution in [1.82, 2.24) is 24.9 Å². The third kappa shape index (κ3) is 7.89. The zero-order chi connectivity index (χ0) is 38.4. The van der Waals surface area contributed by atoms with Crippen LogP contribution >= 0.6 is 11.3 Å². The Balaban J connectivity index is 0.000000292. The molecule has 52 heavy (non-hydrogen) atoms. The Morgan fingerprint density at radius 3 is 2.48 bits per heavy atom. The van der Waals surface area contributed by atoms with Crippen molar-refractivity contribution in [2.75, 3.05) is 13.7 Å². The normalized spacial score (nSPS) is 21.9. The minimum Gasteiger partial charge on any atom is -0.496 e. The second-order valence-electron chi connectivity index (χ2n) is 15.3. The second kappa shape index (κ2) is 14.3. The second-order valence-corrected chi connectivity index (χ2v) is 18.4. The van der Waals surface area contributed by atoms with Crippen molar-refractivity contribution in [2.24, 2.45) is 5.92 Å². The van der Waals surface area contributed by atoms with Crippen molar-refractivity contribution in [1.29, 1.82) is 0 Å². The summed E-state index contributed by atoms with van der Waals surface area (Å²) in [7, 11) is -2.20. The molecule has 3 fully saturated rings. The van der Waals surface area contributed by atoms with E-state index in [1.807, 2.05) is 18.4 Å². The molecule has 1 aromatic carbocycles. The Bertz CT molecular complexity index is 2070. The van der Waals surface area contributed by atoms with Crippen molar-refractivity contribution in [3.8, 4) is 16.5 Å². The number of aromatic amines is 1. The number of hydrogen-bond acceptors (Lipinski definition) is 10. The highest BCUT2D eigenvalue weighted by molar-refractivity contribution is 7.91. The number of thiazole rings is 1. The van der Waals surface area contributed by atoms with Crippen LogP contribution in [0.4, 0.5) is 4.79 Å². The van der Waals surface area contributed by atoms with E-state index in [-0.39, 0.29) is 20.6 Å². The molecular weight excluding hydrogens is 707 g/mol. The Morgan fingerprint density at radius 2 is 1.92 bits per heavy atom. The van der Waals surface area contributed by atoms with Gasteiger partial charge in [-0.25, -0.2) is 18.2 Å². The predicted molar refractivity (Wildman–Crippen MR) is 205 cm³/mol. The van der Waals surface area contributed by atoms with Crippen LogP contribution < -0.4 is 20.2 Å². The van der Waals surface area contributed by atoms with Crippen molar-refractivity contribution in [3.05, 3.63) is 57.7 Å². The number of carbonyl (C=O) groups excluding carboxylic acids is 3. The number of pyridine rings is 1. The molecule has 3 heterocycles. The first-order valence-electron chi connectivity index (χ1n) is 17.4. The summed E-state index contributed by atoms with van der Waals surface area (Å²) in [4.78, 5) is 60.1. The van der Waals surface area contributed by atoms with Gasteiger partial charge >= 0.3 is 6.09 Å². The molecular formula is C37H53N5O8S2. The topological polar surface area (TPSA) is 177 Å². The molecule has 3 aromatic rings. The van der Waals surface area contributed by atoms with Gasteiger partial charge in [0.05, 0.1) is 28.8 Å². The number of ether oxygens (including phenoxy) is 2. The zero-order valence-electron chi connectivity index (χ0n) is 31.0. The number of rotatable bonds is 9. The first kappa shape index (κ1) is 39.0. The molecule has 0 unspecified atom stereocenters. The summed E-state index contributed by atoms with van der Waals surface area (Å²) in [5.41, 5.74) is 1.48. The molecule has 2 aliphatic carbocycles. The lowest BCUT2D eigenvalue weighted by molar-refractivity contribution is -0.131. The van der Waals surface area contributed by atoms with Gasteiger partial charge in [-0.1, -0.05) is 19.9 Å². The molecule has 3 atom stereocenters. The number of nitrogens with zero attached hydrogens (tertiary/aromatic N) is 2. The fourth-order valence-electron chi connectivity index (χ4n) is 6.15. The fourth-order valence-corrected chi connectivity index (χ4v) is 8.41. The number of nitrogens with one attached hydrogen (secondary N) is 3. The Hall–Kier alpha value is -4.24. The molecule has 0 spiro atoms. The molecule has 0 radical (unpaired) electrons. The van der Waals surface area contributed by atoms with Crippen molar-refractivity contribution in [3.63, 3.8) is 0 Å². The molecule has 15 heteroatoms. The van der Waals surface area contributed by atoms with E-state index in [2.05, 4.69) is 40.4 Å². The van der Waals surface area contributed by atoms with E-state index in [1.54, 1.807) is 58.3 Å². The molecule has 2 aromatic heterocycles. The van der Waals surface area contributed by atoms with E-state index in [9.17, 15) is 27.6 Å². The van der Waals surface area contributed by atoms with Crippen LogP contribution in [-0.4, -0.2) is 76.8 Å². The number of carbonyl (C=O) groups is 3. The molecule has 1 saturated heterocycles. The molecule has 1 aliphatic heterocycles. The van der Waals surface area contributed by atoms with Crippen LogP contribution in [-0.2, 0) is 24.3 Å². The van der Waals surface area contributed by atoms with E-state index in [4.69, 9.17) is 9.47 Å². The van der Waals surface area contributed by atoms with Gasteiger partial charge in [-0.3, -0.25) is 24.0 Å². The number of aromatic nitrogens is 2. The predicted octanol–water partition coefficient (Wildman–Crippen LogP) is 6.03. The van der Waals surface area contributed by atoms with E-state index >= 15 is 0 Å². The maximum atomic E-state index is 13.0. The van der Waals surface area contributed by atoms with E-state index < -0.39 is 49.9 Å². The number of likely N-dealkylation sites (tertiary alicyclic amines) is 1. The van der Waals surface area contributed by atoms with Crippen LogP contribution in [0.1, 0.15) is 93.7 Å². The Kier molecular flexibility index (Phi) is 10.7. The van der Waals surface area contributed by atoms with Gasteiger partial charge < -0.3 is 19.8 Å². The first-order chi connectivity index (χ1) is 24.3. The minimum absolute atomic E-state index is 0. The van der Waals surface area contributed by atoms with Crippen molar-refractivity contribution in [2.45, 2.75) is 108 Å². The smallest absolute Gasteiger partial charge is 0.410 e. The van der Waals surface area contributed by atoms with E-state index in [0.29, 0.717) is 43.5 Å². The van der Waals surface area contributed by atoms with Gasteiger partial charge in [0.2, 0.25) is 15.9 Å². The Morgan fingerprint density at radius 1 is 1.23 bits per heavy atom. The molecule has 6 rings (SSSR count). The summed E-state index contributed by atoms with van der Waals surface area (Å²) in [5, 5.41) is 6.27. The lowest BCUT2D eigenvalue weighted by atomic mass is 10.1. The molecule has 3 N–H and O–H groups in total.